The Kier molecular flexibility index (Phi) is 4.90. The molecule has 0 aliphatic carbocycles. The molecule has 2 amide bonds. The zero-order valence-corrected chi connectivity index (χ0v) is 14.7. The van der Waals surface area contributed by atoms with Gasteiger partial charge < -0.3 is 15.1 Å². The predicted molar refractivity (Wildman–Crippen MR) is 89.2 cm³/mol. The lowest BCUT2D eigenvalue weighted by Crippen LogP contribution is -2.57. The van der Waals surface area contributed by atoms with Crippen molar-refractivity contribution in [3.63, 3.8) is 0 Å². The fourth-order valence-corrected chi connectivity index (χ4v) is 4.74. The summed E-state index contributed by atoms with van der Waals surface area (Å²) in [5, 5.41) is 9.65. The normalized spacial score (nSPS) is 22.7. The molecule has 132 valence electrons. The third kappa shape index (κ3) is 3.61. The first-order valence-electron chi connectivity index (χ1n) is 7.77. The maximum atomic E-state index is 12.6. The summed E-state index contributed by atoms with van der Waals surface area (Å²) in [5.41, 5.74) is 0.330. The molecule has 10 heteroatoms. The summed E-state index contributed by atoms with van der Waals surface area (Å²) in [7, 11) is -3.79. The number of amides is 2. The second-order valence-corrected chi connectivity index (χ2v) is 8.71. The molecule has 2 fully saturated rings. The molecule has 2 aliphatic rings. The van der Waals surface area contributed by atoms with Gasteiger partial charge in [-0.1, -0.05) is 0 Å². The fourth-order valence-electron chi connectivity index (χ4n) is 3.16. The van der Waals surface area contributed by atoms with Crippen LogP contribution in [-0.4, -0.2) is 68.8 Å². The topological polar surface area (TPSA) is 113 Å². The molecule has 2 aliphatic heterocycles. The summed E-state index contributed by atoms with van der Waals surface area (Å²) in [6.45, 7) is 2.84. The highest BCUT2D eigenvalue weighted by Crippen LogP contribution is 2.23. The number of carbonyl (C=O) groups is 2. The smallest absolute Gasteiger partial charge is 0.254 e. The number of carbonyl (C=O) groups excluding carboxylic acids is 2. The van der Waals surface area contributed by atoms with Crippen molar-refractivity contribution in [2.75, 3.05) is 32.7 Å². The van der Waals surface area contributed by atoms with Gasteiger partial charge in [-0.2, -0.15) is 0 Å². The summed E-state index contributed by atoms with van der Waals surface area (Å²) >= 11 is 0.945. The first kappa shape index (κ1) is 17.3. The molecule has 1 aromatic rings. The highest BCUT2D eigenvalue weighted by Gasteiger charge is 2.32. The van der Waals surface area contributed by atoms with Crippen LogP contribution in [0, 0.1) is 0 Å². The van der Waals surface area contributed by atoms with E-state index in [0.717, 1.165) is 30.7 Å². The van der Waals surface area contributed by atoms with Gasteiger partial charge in [-0.3, -0.25) is 9.59 Å². The van der Waals surface area contributed by atoms with Crippen LogP contribution in [0.25, 0.3) is 0 Å². The molecule has 0 aromatic carbocycles. The number of thiophene rings is 1. The van der Waals surface area contributed by atoms with Gasteiger partial charge in [0.15, 0.2) is 0 Å². The van der Waals surface area contributed by atoms with E-state index in [0.29, 0.717) is 31.7 Å². The van der Waals surface area contributed by atoms with E-state index in [1.165, 1.54) is 11.4 Å². The van der Waals surface area contributed by atoms with Crippen molar-refractivity contribution in [3.05, 3.63) is 17.0 Å². The minimum Gasteiger partial charge on any atom is -0.337 e. The number of nitrogens with zero attached hydrogens (tertiary/aromatic N) is 2. The van der Waals surface area contributed by atoms with E-state index in [1.54, 1.807) is 4.90 Å². The minimum absolute atomic E-state index is 0.0170. The predicted octanol–water partition coefficient (Wildman–Crippen LogP) is -0.568. The van der Waals surface area contributed by atoms with Gasteiger partial charge in [-0.05, 0) is 18.9 Å². The van der Waals surface area contributed by atoms with Crippen LogP contribution in [0.3, 0.4) is 0 Å². The first-order valence-corrected chi connectivity index (χ1v) is 10.2. The summed E-state index contributed by atoms with van der Waals surface area (Å²) in [6, 6.07) is 1.34. The summed E-state index contributed by atoms with van der Waals surface area (Å²) in [6.07, 6.45) is 1.70. The van der Waals surface area contributed by atoms with Crippen LogP contribution in [0.4, 0.5) is 0 Å². The minimum atomic E-state index is -3.79. The Balaban J connectivity index is 1.71. The molecule has 8 nitrogen and oxygen atoms in total. The first-order chi connectivity index (χ1) is 11.4. The van der Waals surface area contributed by atoms with Gasteiger partial charge in [0.1, 0.15) is 4.21 Å². The van der Waals surface area contributed by atoms with Gasteiger partial charge in [0.05, 0.1) is 12.1 Å². The van der Waals surface area contributed by atoms with Crippen molar-refractivity contribution in [1.82, 2.24) is 15.1 Å². The molecule has 2 saturated heterocycles. The van der Waals surface area contributed by atoms with Crippen LogP contribution >= 0.6 is 11.3 Å². The zero-order chi connectivity index (χ0) is 17.3. The lowest BCUT2D eigenvalue weighted by Gasteiger charge is -2.41. The molecule has 3 rings (SSSR count). The number of nitrogens with two attached hydrogens (primary N) is 1. The third-order valence-corrected chi connectivity index (χ3v) is 6.74. The second kappa shape index (κ2) is 6.79. The standard InChI is InChI=1S/C14H20N4O4S2/c15-24(21,22)13-6-10(9-23-13)14(20)17-4-1-2-11(8-17)18-5-3-16-7-12(18)19/h6,9,11,16H,1-5,7-8H2,(H2,15,21,22). The Hall–Kier alpha value is -1.49. The summed E-state index contributed by atoms with van der Waals surface area (Å²) < 4.78 is 22.7. The zero-order valence-electron chi connectivity index (χ0n) is 13.1. The Labute approximate surface area is 144 Å². The van der Waals surface area contributed by atoms with Gasteiger partial charge in [-0.25, -0.2) is 13.6 Å². The van der Waals surface area contributed by atoms with Gasteiger partial charge in [0.25, 0.3) is 5.91 Å². The van der Waals surface area contributed by atoms with E-state index in [-0.39, 0.29) is 22.1 Å². The fraction of sp³-hybridized carbons (Fsp3) is 0.571. The van der Waals surface area contributed by atoms with E-state index >= 15 is 0 Å². The van der Waals surface area contributed by atoms with E-state index in [1.807, 2.05) is 4.90 Å². The largest absolute Gasteiger partial charge is 0.337 e. The molecule has 0 bridgehead atoms. The van der Waals surface area contributed by atoms with E-state index < -0.39 is 10.0 Å². The number of hydrogen-bond donors (Lipinski definition) is 2. The Morgan fingerprint density at radius 2 is 2.17 bits per heavy atom. The molecule has 3 heterocycles. The molecule has 0 spiro atoms. The lowest BCUT2D eigenvalue weighted by molar-refractivity contribution is -0.135. The van der Waals surface area contributed by atoms with Gasteiger partial charge in [-0.15, -0.1) is 11.3 Å². The van der Waals surface area contributed by atoms with E-state index in [4.69, 9.17) is 5.14 Å². The average Bonchev–Trinajstić information content (AvgIpc) is 3.05. The van der Waals surface area contributed by atoms with Crippen LogP contribution in [-0.2, 0) is 14.8 Å². The molecular formula is C14H20N4O4S2. The monoisotopic (exact) mass is 372 g/mol. The number of hydrogen-bond acceptors (Lipinski definition) is 6. The van der Waals surface area contributed by atoms with E-state index in [9.17, 15) is 18.0 Å². The Morgan fingerprint density at radius 3 is 2.83 bits per heavy atom. The van der Waals surface area contributed by atoms with Crippen LogP contribution in [0.2, 0.25) is 0 Å². The molecule has 24 heavy (non-hydrogen) atoms. The van der Waals surface area contributed by atoms with Crippen molar-refractivity contribution in [3.8, 4) is 0 Å². The quantitative estimate of drug-likeness (QED) is 0.738. The lowest BCUT2D eigenvalue weighted by atomic mass is 10.0. The average molecular weight is 372 g/mol. The second-order valence-electron chi connectivity index (χ2n) is 6.01. The van der Waals surface area contributed by atoms with Crippen LogP contribution < -0.4 is 10.5 Å². The number of nitrogens with one attached hydrogen (secondary N) is 1. The van der Waals surface area contributed by atoms with Crippen LogP contribution in [0.5, 0.6) is 0 Å². The van der Waals surface area contributed by atoms with Gasteiger partial charge in [0, 0.05) is 37.6 Å². The SMILES string of the molecule is NS(=O)(=O)c1cc(C(=O)N2CCCC(N3CCNCC3=O)C2)cs1. The molecule has 0 radical (unpaired) electrons. The number of piperidine rings is 1. The molecule has 1 atom stereocenters. The number of likely N-dealkylation sites (tertiary alicyclic amines) is 1. The Morgan fingerprint density at radius 1 is 1.38 bits per heavy atom. The van der Waals surface area contributed by atoms with E-state index in [2.05, 4.69) is 5.32 Å². The Bertz CT molecular complexity index is 746. The van der Waals surface area contributed by atoms with Crippen molar-refractivity contribution in [2.24, 2.45) is 5.14 Å². The van der Waals surface area contributed by atoms with Crippen molar-refractivity contribution < 1.29 is 18.0 Å². The maximum Gasteiger partial charge on any atom is 0.254 e. The number of sulfonamides is 1. The molecule has 1 aromatic heterocycles. The van der Waals surface area contributed by atoms with Crippen LogP contribution in [0.15, 0.2) is 15.7 Å². The summed E-state index contributed by atoms with van der Waals surface area (Å²) in [5.74, 6) is -0.152. The van der Waals surface area contributed by atoms with Crippen molar-refractivity contribution in [1.29, 1.82) is 0 Å². The molecule has 0 saturated carbocycles. The number of primary sulfonamides is 1. The maximum absolute atomic E-state index is 12.6. The molecule has 1 unspecified atom stereocenters. The molecular weight excluding hydrogens is 352 g/mol. The van der Waals surface area contributed by atoms with Crippen molar-refractivity contribution in [2.45, 2.75) is 23.1 Å². The van der Waals surface area contributed by atoms with Crippen LogP contribution in [0.1, 0.15) is 23.2 Å². The van der Waals surface area contributed by atoms with Gasteiger partial charge >= 0.3 is 0 Å². The highest BCUT2D eigenvalue weighted by atomic mass is 32.2. The number of piperazine rings is 1. The third-order valence-electron chi connectivity index (χ3n) is 4.35. The van der Waals surface area contributed by atoms with Gasteiger partial charge in [0.2, 0.25) is 15.9 Å². The molecule has 3 N–H and O–H groups in total. The summed E-state index contributed by atoms with van der Waals surface area (Å²) in [4.78, 5) is 28.2. The number of rotatable bonds is 3. The van der Waals surface area contributed by atoms with Crippen molar-refractivity contribution >= 4 is 33.2 Å². The highest BCUT2D eigenvalue weighted by molar-refractivity contribution is 7.91.